The van der Waals surface area contributed by atoms with Crippen molar-refractivity contribution in [3.63, 3.8) is 0 Å². The Morgan fingerprint density at radius 3 is 2.83 bits per heavy atom. The SMILES string of the molecule is Cc1noc(C)c1C(=O)N1CCC[C@H]1c1ccnc(N(C)C)c1. The van der Waals surface area contributed by atoms with Crippen molar-refractivity contribution in [2.24, 2.45) is 0 Å². The molecule has 0 aliphatic carbocycles. The Morgan fingerprint density at radius 1 is 1.39 bits per heavy atom. The van der Waals surface area contributed by atoms with E-state index in [-0.39, 0.29) is 11.9 Å². The van der Waals surface area contributed by atoms with Crippen molar-refractivity contribution < 1.29 is 9.32 Å². The first-order chi connectivity index (χ1) is 11.0. The van der Waals surface area contributed by atoms with Gasteiger partial charge < -0.3 is 14.3 Å². The molecule has 1 saturated heterocycles. The summed E-state index contributed by atoms with van der Waals surface area (Å²) in [5, 5.41) is 3.90. The van der Waals surface area contributed by atoms with Crippen molar-refractivity contribution >= 4 is 11.7 Å². The highest BCUT2D eigenvalue weighted by Gasteiger charge is 2.33. The van der Waals surface area contributed by atoms with Gasteiger partial charge in [-0.05, 0) is 44.4 Å². The molecule has 0 radical (unpaired) electrons. The standard InChI is InChI=1S/C17H22N4O2/c1-11-16(12(2)23-19-11)17(22)21-9-5-6-14(21)13-7-8-18-15(10-13)20(3)4/h7-8,10,14H,5-6,9H2,1-4H3/t14-/m0/s1. The van der Waals surface area contributed by atoms with Crippen molar-refractivity contribution in [3.05, 3.63) is 40.9 Å². The van der Waals surface area contributed by atoms with Gasteiger partial charge in [-0.1, -0.05) is 5.16 Å². The Balaban J connectivity index is 1.91. The van der Waals surface area contributed by atoms with Crippen LogP contribution in [0.15, 0.2) is 22.9 Å². The van der Waals surface area contributed by atoms with Crippen LogP contribution in [0.3, 0.4) is 0 Å². The van der Waals surface area contributed by atoms with E-state index in [0.29, 0.717) is 17.0 Å². The Hall–Kier alpha value is -2.37. The highest BCUT2D eigenvalue weighted by atomic mass is 16.5. The zero-order chi connectivity index (χ0) is 16.6. The van der Waals surface area contributed by atoms with Crippen LogP contribution in [0.1, 0.15) is 46.3 Å². The predicted octanol–water partition coefficient (Wildman–Crippen LogP) is 2.73. The number of aromatic nitrogens is 2. The first kappa shape index (κ1) is 15.5. The molecule has 0 spiro atoms. The van der Waals surface area contributed by atoms with Crippen molar-refractivity contribution in [2.45, 2.75) is 32.7 Å². The number of carbonyl (C=O) groups is 1. The molecule has 3 rings (SSSR count). The normalized spacial score (nSPS) is 17.6. The summed E-state index contributed by atoms with van der Waals surface area (Å²) in [5.41, 5.74) is 2.38. The molecule has 3 heterocycles. The van der Waals surface area contributed by atoms with Crippen LogP contribution in [0.2, 0.25) is 0 Å². The van der Waals surface area contributed by atoms with Crippen LogP contribution in [0.5, 0.6) is 0 Å². The number of pyridine rings is 1. The molecular formula is C17H22N4O2. The van der Waals surface area contributed by atoms with E-state index in [1.165, 1.54) is 0 Å². The fourth-order valence-electron chi connectivity index (χ4n) is 3.17. The third-order valence-corrected chi connectivity index (χ3v) is 4.37. The quantitative estimate of drug-likeness (QED) is 0.871. The molecule has 1 amide bonds. The van der Waals surface area contributed by atoms with Gasteiger partial charge in [0.2, 0.25) is 0 Å². The molecule has 6 heteroatoms. The molecular weight excluding hydrogens is 292 g/mol. The van der Waals surface area contributed by atoms with E-state index in [4.69, 9.17) is 4.52 Å². The minimum absolute atomic E-state index is 0.00645. The van der Waals surface area contributed by atoms with Gasteiger partial charge in [-0.15, -0.1) is 0 Å². The second-order valence-electron chi connectivity index (χ2n) is 6.20. The number of carbonyl (C=O) groups excluding carboxylic acids is 1. The third kappa shape index (κ3) is 2.81. The lowest BCUT2D eigenvalue weighted by molar-refractivity contribution is 0.0733. The van der Waals surface area contributed by atoms with E-state index in [2.05, 4.69) is 16.2 Å². The van der Waals surface area contributed by atoms with Gasteiger partial charge in [0, 0.05) is 26.8 Å². The Morgan fingerprint density at radius 2 is 2.17 bits per heavy atom. The van der Waals surface area contributed by atoms with E-state index in [1.54, 1.807) is 6.92 Å². The molecule has 0 N–H and O–H groups in total. The maximum Gasteiger partial charge on any atom is 0.259 e. The highest BCUT2D eigenvalue weighted by Crippen LogP contribution is 2.34. The summed E-state index contributed by atoms with van der Waals surface area (Å²) in [5.74, 6) is 1.49. The van der Waals surface area contributed by atoms with Gasteiger partial charge in [0.05, 0.1) is 11.7 Å². The monoisotopic (exact) mass is 314 g/mol. The van der Waals surface area contributed by atoms with Gasteiger partial charge in [0.25, 0.3) is 5.91 Å². The molecule has 2 aromatic rings. The van der Waals surface area contributed by atoms with E-state index >= 15 is 0 Å². The van der Waals surface area contributed by atoms with Crippen LogP contribution in [-0.4, -0.2) is 41.6 Å². The van der Waals surface area contributed by atoms with Crippen LogP contribution in [0, 0.1) is 13.8 Å². The predicted molar refractivity (Wildman–Crippen MR) is 87.6 cm³/mol. The fraction of sp³-hybridized carbons (Fsp3) is 0.471. The lowest BCUT2D eigenvalue weighted by Crippen LogP contribution is -2.31. The fourth-order valence-corrected chi connectivity index (χ4v) is 3.17. The van der Waals surface area contributed by atoms with Crippen molar-refractivity contribution in [2.75, 3.05) is 25.5 Å². The topological polar surface area (TPSA) is 62.5 Å². The van der Waals surface area contributed by atoms with Crippen molar-refractivity contribution in [1.82, 2.24) is 15.0 Å². The average Bonchev–Trinajstić information content (AvgIpc) is 3.14. The van der Waals surface area contributed by atoms with E-state index in [0.717, 1.165) is 30.8 Å². The molecule has 1 aliphatic rings. The van der Waals surface area contributed by atoms with Crippen LogP contribution in [-0.2, 0) is 0 Å². The molecule has 1 aliphatic heterocycles. The van der Waals surface area contributed by atoms with Crippen LogP contribution >= 0.6 is 0 Å². The van der Waals surface area contributed by atoms with Gasteiger partial charge >= 0.3 is 0 Å². The number of nitrogens with zero attached hydrogens (tertiary/aromatic N) is 4. The zero-order valence-corrected chi connectivity index (χ0v) is 14.0. The number of likely N-dealkylation sites (tertiary alicyclic amines) is 1. The third-order valence-electron chi connectivity index (χ3n) is 4.37. The minimum atomic E-state index is 0.00645. The summed E-state index contributed by atoms with van der Waals surface area (Å²) >= 11 is 0. The van der Waals surface area contributed by atoms with E-state index in [9.17, 15) is 4.79 Å². The van der Waals surface area contributed by atoms with Crippen LogP contribution in [0.25, 0.3) is 0 Å². The van der Waals surface area contributed by atoms with Crippen LogP contribution in [0.4, 0.5) is 5.82 Å². The number of aryl methyl sites for hydroxylation is 2. The Bertz CT molecular complexity index is 704. The number of amides is 1. The van der Waals surface area contributed by atoms with Gasteiger partial charge in [-0.3, -0.25) is 4.79 Å². The lowest BCUT2D eigenvalue weighted by atomic mass is 10.0. The molecule has 0 saturated carbocycles. The molecule has 6 nitrogen and oxygen atoms in total. The number of rotatable bonds is 3. The molecule has 1 fully saturated rings. The van der Waals surface area contributed by atoms with Gasteiger partial charge in [-0.2, -0.15) is 0 Å². The number of hydrogen-bond acceptors (Lipinski definition) is 5. The maximum absolute atomic E-state index is 13.0. The summed E-state index contributed by atoms with van der Waals surface area (Å²) in [6.07, 6.45) is 3.77. The largest absolute Gasteiger partial charge is 0.363 e. The average molecular weight is 314 g/mol. The summed E-state index contributed by atoms with van der Waals surface area (Å²) < 4.78 is 5.15. The summed E-state index contributed by atoms with van der Waals surface area (Å²) in [6.45, 7) is 4.35. The van der Waals surface area contributed by atoms with Crippen LogP contribution < -0.4 is 4.90 Å². The first-order valence-electron chi connectivity index (χ1n) is 7.86. The van der Waals surface area contributed by atoms with E-state index in [1.807, 2.05) is 43.1 Å². The Kier molecular flexibility index (Phi) is 4.07. The molecule has 23 heavy (non-hydrogen) atoms. The smallest absolute Gasteiger partial charge is 0.259 e. The number of anilines is 1. The zero-order valence-electron chi connectivity index (χ0n) is 14.0. The Labute approximate surface area is 136 Å². The second-order valence-corrected chi connectivity index (χ2v) is 6.20. The second kappa shape index (κ2) is 6.02. The highest BCUT2D eigenvalue weighted by molar-refractivity contribution is 5.96. The summed E-state index contributed by atoms with van der Waals surface area (Å²) in [7, 11) is 3.93. The molecule has 0 aromatic carbocycles. The lowest BCUT2D eigenvalue weighted by Gasteiger charge is -2.25. The van der Waals surface area contributed by atoms with Gasteiger partial charge in [-0.25, -0.2) is 4.98 Å². The summed E-state index contributed by atoms with van der Waals surface area (Å²) in [4.78, 5) is 21.2. The number of hydrogen-bond donors (Lipinski definition) is 0. The minimum Gasteiger partial charge on any atom is -0.363 e. The maximum atomic E-state index is 13.0. The van der Waals surface area contributed by atoms with Crippen molar-refractivity contribution in [1.29, 1.82) is 0 Å². The summed E-state index contributed by atoms with van der Waals surface area (Å²) in [6, 6.07) is 4.14. The molecule has 0 bridgehead atoms. The van der Waals surface area contributed by atoms with Gasteiger partial charge in [0.1, 0.15) is 17.1 Å². The first-order valence-corrected chi connectivity index (χ1v) is 7.86. The molecule has 1 atom stereocenters. The van der Waals surface area contributed by atoms with Crippen molar-refractivity contribution in [3.8, 4) is 0 Å². The molecule has 122 valence electrons. The molecule has 2 aromatic heterocycles. The van der Waals surface area contributed by atoms with Gasteiger partial charge in [0.15, 0.2) is 0 Å². The van der Waals surface area contributed by atoms with E-state index < -0.39 is 0 Å². The molecule has 0 unspecified atom stereocenters.